The van der Waals surface area contributed by atoms with Crippen molar-refractivity contribution in [2.45, 2.75) is 38.3 Å². The van der Waals surface area contributed by atoms with Crippen molar-refractivity contribution in [2.75, 3.05) is 6.54 Å². The Hall–Kier alpha value is -2.97. The molecule has 0 aliphatic carbocycles. The first-order valence-corrected chi connectivity index (χ1v) is 11.2. The minimum absolute atomic E-state index is 0.0360. The largest absolute Gasteiger partial charge is 0.352 e. The van der Waals surface area contributed by atoms with Gasteiger partial charge in [0.1, 0.15) is 0 Å². The van der Waals surface area contributed by atoms with Crippen LogP contribution in [0.5, 0.6) is 0 Å². The van der Waals surface area contributed by atoms with E-state index in [0.29, 0.717) is 13.1 Å². The number of nitrogens with zero attached hydrogens (tertiary/aromatic N) is 2. The molecule has 0 bridgehead atoms. The smallest absolute Gasteiger partial charge is 0.240 e. The molecular formula is C22H26N4O3S. The van der Waals surface area contributed by atoms with E-state index in [0.717, 1.165) is 22.5 Å². The number of rotatable bonds is 9. The van der Waals surface area contributed by atoms with Crippen LogP contribution in [0.3, 0.4) is 0 Å². The molecule has 0 unspecified atom stereocenters. The van der Waals surface area contributed by atoms with E-state index in [9.17, 15) is 13.2 Å². The van der Waals surface area contributed by atoms with Gasteiger partial charge < -0.3 is 5.32 Å². The van der Waals surface area contributed by atoms with Gasteiger partial charge in [-0.15, -0.1) is 0 Å². The SMILES string of the molecule is Cc1nn(Cc2ccccc2)c(C)c1CNC(=O)CCNS(=O)(=O)c1ccccc1. The molecule has 3 aromatic rings. The summed E-state index contributed by atoms with van der Waals surface area (Å²) in [5.41, 5.74) is 4.00. The van der Waals surface area contributed by atoms with Gasteiger partial charge in [-0.2, -0.15) is 5.10 Å². The van der Waals surface area contributed by atoms with Gasteiger partial charge in [0.2, 0.25) is 15.9 Å². The minimum Gasteiger partial charge on any atom is -0.352 e. The molecule has 0 spiro atoms. The van der Waals surface area contributed by atoms with Crippen LogP contribution in [0.25, 0.3) is 0 Å². The zero-order valence-corrected chi connectivity index (χ0v) is 17.9. The van der Waals surface area contributed by atoms with Crippen molar-refractivity contribution in [1.82, 2.24) is 19.8 Å². The van der Waals surface area contributed by atoms with E-state index in [1.165, 1.54) is 12.1 Å². The number of hydrogen-bond donors (Lipinski definition) is 2. The van der Waals surface area contributed by atoms with E-state index in [1.54, 1.807) is 18.2 Å². The van der Waals surface area contributed by atoms with Crippen LogP contribution < -0.4 is 10.0 Å². The van der Waals surface area contributed by atoms with Gasteiger partial charge in [0.25, 0.3) is 0 Å². The van der Waals surface area contributed by atoms with Gasteiger partial charge in [0.15, 0.2) is 0 Å². The first kappa shape index (κ1) is 21.7. The van der Waals surface area contributed by atoms with Crippen molar-refractivity contribution in [3.8, 4) is 0 Å². The van der Waals surface area contributed by atoms with Gasteiger partial charge in [0, 0.05) is 30.8 Å². The molecule has 1 aromatic heterocycles. The Labute approximate surface area is 177 Å². The van der Waals surface area contributed by atoms with Crippen molar-refractivity contribution in [3.63, 3.8) is 0 Å². The summed E-state index contributed by atoms with van der Waals surface area (Å²) < 4.78 is 28.7. The third-order valence-electron chi connectivity index (χ3n) is 4.87. The highest BCUT2D eigenvalue weighted by Gasteiger charge is 2.15. The Balaban J connectivity index is 1.51. The summed E-state index contributed by atoms with van der Waals surface area (Å²) in [6, 6.07) is 18.2. The average molecular weight is 427 g/mol. The lowest BCUT2D eigenvalue weighted by atomic mass is 10.2. The fourth-order valence-corrected chi connectivity index (χ4v) is 4.21. The zero-order valence-electron chi connectivity index (χ0n) is 17.1. The molecule has 30 heavy (non-hydrogen) atoms. The predicted octanol–water partition coefficient (Wildman–Crippen LogP) is 2.53. The first-order chi connectivity index (χ1) is 14.4. The molecular weight excluding hydrogens is 400 g/mol. The standard InChI is InChI=1S/C22H26N4O3S/c1-17-21(18(2)26(25-17)16-19-9-5-3-6-10-19)15-23-22(27)13-14-24-30(28,29)20-11-7-4-8-12-20/h3-12,24H,13-16H2,1-2H3,(H,23,27). The molecule has 0 saturated carbocycles. The second kappa shape index (κ2) is 9.69. The van der Waals surface area contributed by atoms with Crippen LogP contribution in [-0.4, -0.2) is 30.7 Å². The summed E-state index contributed by atoms with van der Waals surface area (Å²) in [7, 11) is -3.61. The van der Waals surface area contributed by atoms with Gasteiger partial charge in [-0.05, 0) is 31.5 Å². The number of amides is 1. The number of carbonyl (C=O) groups excluding carboxylic acids is 1. The van der Waals surface area contributed by atoms with Gasteiger partial charge in [-0.3, -0.25) is 9.48 Å². The van der Waals surface area contributed by atoms with Crippen LogP contribution >= 0.6 is 0 Å². The van der Waals surface area contributed by atoms with Crippen molar-refractivity contribution in [2.24, 2.45) is 0 Å². The molecule has 0 aliphatic rings. The molecule has 0 radical (unpaired) electrons. The molecule has 2 N–H and O–H groups in total. The lowest BCUT2D eigenvalue weighted by Gasteiger charge is -2.09. The van der Waals surface area contributed by atoms with Crippen molar-refractivity contribution in [1.29, 1.82) is 0 Å². The first-order valence-electron chi connectivity index (χ1n) is 9.75. The summed E-state index contributed by atoms with van der Waals surface area (Å²) in [5.74, 6) is -0.222. The van der Waals surface area contributed by atoms with Gasteiger partial charge >= 0.3 is 0 Å². The van der Waals surface area contributed by atoms with E-state index < -0.39 is 10.0 Å². The van der Waals surface area contributed by atoms with E-state index in [4.69, 9.17) is 0 Å². The summed E-state index contributed by atoms with van der Waals surface area (Å²) in [5, 5.41) is 7.44. The highest BCUT2D eigenvalue weighted by Crippen LogP contribution is 2.15. The van der Waals surface area contributed by atoms with Crippen LogP contribution in [0.4, 0.5) is 0 Å². The monoisotopic (exact) mass is 426 g/mol. The fraction of sp³-hybridized carbons (Fsp3) is 0.273. The molecule has 0 fully saturated rings. The molecule has 3 rings (SSSR count). The Morgan fingerprint density at radius 2 is 1.63 bits per heavy atom. The van der Waals surface area contributed by atoms with Crippen LogP contribution in [-0.2, 0) is 27.9 Å². The van der Waals surface area contributed by atoms with E-state index in [-0.39, 0.29) is 23.8 Å². The molecule has 0 atom stereocenters. The maximum Gasteiger partial charge on any atom is 0.240 e. The number of nitrogens with one attached hydrogen (secondary N) is 2. The Bertz CT molecular complexity index is 1090. The molecule has 0 aliphatic heterocycles. The number of benzene rings is 2. The van der Waals surface area contributed by atoms with Crippen molar-refractivity contribution >= 4 is 15.9 Å². The second-order valence-corrected chi connectivity index (χ2v) is 8.80. The molecule has 1 amide bonds. The Morgan fingerprint density at radius 3 is 2.30 bits per heavy atom. The number of aryl methyl sites for hydroxylation is 1. The molecule has 2 aromatic carbocycles. The maximum atomic E-state index is 12.2. The Morgan fingerprint density at radius 1 is 1.00 bits per heavy atom. The fourth-order valence-electron chi connectivity index (χ4n) is 3.16. The van der Waals surface area contributed by atoms with Crippen LogP contribution in [0.2, 0.25) is 0 Å². The lowest BCUT2D eigenvalue weighted by molar-refractivity contribution is -0.121. The molecule has 1 heterocycles. The number of sulfonamides is 1. The summed E-state index contributed by atoms with van der Waals surface area (Å²) in [4.78, 5) is 12.4. The van der Waals surface area contributed by atoms with Gasteiger partial charge in [-0.25, -0.2) is 13.1 Å². The normalized spacial score (nSPS) is 11.4. The lowest BCUT2D eigenvalue weighted by Crippen LogP contribution is -2.30. The summed E-state index contributed by atoms with van der Waals surface area (Å²) in [6.45, 7) is 4.97. The molecule has 7 nitrogen and oxygen atoms in total. The van der Waals surface area contributed by atoms with Gasteiger partial charge in [0.05, 0.1) is 17.1 Å². The van der Waals surface area contributed by atoms with Crippen LogP contribution in [0, 0.1) is 13.8 Å². The number of aromatic nitrogens is 2. The third kappa shape index (κ3) is 5.55. The van der Waals surface area contributed by atoms with Gasteiger partial charge in [-0.1, -0.05) is 48.5 Å². The number of hydrogen-bond acceptors (Lipinski definition) is 4. The highest BCUT2D eigenvalue weighted by atomic mass is 32.2. The Kier molecular flexibility index (Phi) is 7.02. The molecule has 8 heteroatoms. The molecule has 0 saturated heterocycles. The second-order valence-electron chi connectivity index (χ2n) is 7.03. The average Bonchev–Trinajstić information content (AvgIpc) is 3.00. The number of carbonyl (C=O) groups is 1. The van der Waals surface area contributed by atoms with Crippen molar-refractivity contribution in [3.05, 3.63) is 83.2 Å². The van der Waals surface area contributed by atoms with E-state index in [2.05, 4.69) is 15.1 Å². The third-order valence-corrected chi connectivity index (χ3v) is 6.34. The zero-order chi connectivity index (χ0) is 21.6. The van der Waals surface area contributed by atoms with Crippen molar-refractivity contribution < 1.29 is 13.2 Å². The predicted molar refractivity (Wildman–Crippen MR) is 115 cm³/mol. The summed E-state index contributed by atoms with van der Waals surface area (Å²) in [6.07, 6.45) is 0.0578. The maximum absolute atomic E-state index is 12.2. The quantitative estimate of drug-likeness (QED) is 0.550. The topological polar surface area (TPSA) is 93.1 Å². The van der Waals surface area contributed by atoms with E-state index >= 15 is 0 Å². The minimum atomic E-state index is -3.61. The van der Waals surface area contributed by atoms with Crippen LogP contribution in [0.15, 0.2) is 65.6 Å². The highest BCUT2D eigenvalue weighted by molar-refractivity contribution is 7.89. The van der Waals surface area contributed by atoms with Crippen LogP contribution in [0.1, 0.15) is 28.9 Å². The summed E-state index contributed by atoms with van der Waals surface area (Å²) >= 11 is 0. The van der Waals surface area contributed by atoms with E-state index in [1.807, 2.05) is 48.9 Å². The molecule has 158 valence electrons.